The number of carbonyl (C=O) groups excluding carboxylic acids is 1. The van der Waals surface area contributed by atoms with E-state index in [1.165, 1.54) is 263 Å². The van der Waals surface area contributed by atoms with Crippen LogP contribution in [0.5, 0.6) is 0 Å². The van der Waals surface area contributed by atoms with E-state index in [-0.39, 0.29) is 30.3 Å². The van der Waals surface area contributed by atoms with Gasteiger partial charge < -0.3 is 9.58 Å². The van der Waals surface area contributed by atoms with E-state index in [4.69, 9.17) is 23.5 Å². The molecule has 0 N–H and O–H groups in total. The molecule has 7 heterocycles. The number of carbonyl (C=O) groups is 1. The lowest BCUT2D eigenvalue weighted by molar-refractivity contribution is -0.145. The number of unbranched alkanes of at least 4 members (excludes halogenated alkanes) is 22. The second-order valence-corrected chi connectivity index (χ2v) is 42.4. The summed E-state index contributed by atoms with van der Waals surface area (Å²) in [7, 11) is 0. The van der Waals surface area contributed by atoms with Gasteiger partial charge in [0.2, 0.25) is 6.04 Å². The summed E-state index contributed by atoms with van der Waals surface area (Å²) < 4.78 is 8.33. The van der Waals surface area contributed by atoms with E-state index in [9.17, 15) is 10.1 Å². The molecular formula is C98H129BrN2O2S9. The summed E-state index contributed by atoms with van der Waals surface area (Å²) in [4.78, 5) is 36.3. The van der Waals surface area contributed by atoms with Crippen LogP contribution in [0.1, 0.15) is 340 Å². The van der Waals surface area contributed by atoms with Crippen LogP contribution in [0.4, 0.5) is 0 Å². The van der Waals surface area contributed by atoms with Crippen LogP contribution in [0, 0.1) is 23.3 Å². The first kappa shape index (κ1) is 91.6. The van der Waals surface area contributed by atoms with E-state index in [1.807, 2.05) is 58.3 Å². The average molecular weight is 1740 g/mol. The van der Waals surface area contributed by atoms with E-state index >= 15 is 0 Å². The maximum atomic E-state index is 13.8. The van der Waals surface area contributed by atoms with E-state index < -0.39 is 5.41 Å². The molecule has 9 rings (SSSR count). The molecule has 7 aromatic heterocycles. The van der Waals surface area contributed by atoms with Crippen molar-refractivity contribution in [2.45, 2.75) is 343 Å². The molecule has 3 unspecified atom stereocenters. The number of thiocarbonyl (C=S) groups is 1. The van der Waals surface area contributed by atoms with Crippen LogP contribution < -0.4 is 0 Å². The van der Waals surface area contributed by atoms with Crippen LogP contribution in [0.25, 0.3) is 63.4 Å². The highest BCUT2D eigenvalue weighted by atomic mass is 79.9. The first-order valence-corrected chi connectivity index (χ1v) is 51.4. The summed E-state index contributed by atoms with van der Waals surface area (Å²) in [5.41, 5.74) is 12.2. The third kappa shape index (κ3) is 28.5. The van der Waals surface area contributed by atoms with Gasteiger partial charge in [-0.1, -0.05) is 263 Å². The highest BCUT2D eigenvalue weighted by molar-refractivity contribution is 9.11. The van der Waals surface area contributed by atoms with Gasteiger partial charge in [0.15, 0.2) is 0 Å². The van der Waals surface area contributed by atoms with Gasteiger partial charge in [0.1, 0.15) is 6.61 Å². The van der Waals surface area contributed by atoms with Crippen molar-refractivity contribution in [1.82, 2.24) is 0 Å². The lowest BCUT2D eigenvalue weighted by Gasteiger charge is -2.28. The molecular weight excluding hydrogens is 1610 g/mol. The van der Waals surface area contributed by atoms with E-state index in [2.05, 4.69) is 206 Å². The Labute approximate surface area is 723 Å². The predicted molar refractivity (Wildman–Crippen MR) is 508 cm³/mol. The molecule has 9 aromatic rings. The fourth-order valence-electron chi connectivity index (χ4n) is 15.5. The van der Waals surface area contributed by atoms with Gasteiger partial charge >= 0.3 is 5.97 Å². The van der Waals surface area contributed by atoms with Crippen molar-refractivity contribution in [3.8, 4) is 64.6 Å². The average Bonchev–Trinajstić information content (AvgIpc) is 1.62. The number of ether oxygens (including phenoxy) is 1. The van der Waals surface area contributed by atoms with Crippen molar-refractivity contribution in [3.05, 3.63) is 173 Å². The van der Waals surface area contributed by atoms with Gasteiger partial charge in [0, 0.05) is 81.5 Å². The maximum Gasteiger partial charge on any atom is 0.306 e. The number of benzene rings is 2. The molecule has 0 aliphatic carbocycles. The molecule has 0 bridgehead atoms. The van der Waals surface area contributed by atoms with Crippen LogP contribution in [-0.2, 0) is 61.1 Å². The summed E-state index contributed by atoms with van der Waals surface area (Å²) in [5.74, 6) is -0.238. The highest BCUT2D eigenvalue weighted by Crippen LogP contribution is 2.54. The zero-order chi connectivity index (χ0) is 79.3. The summed E-state index contributed by atoms with van der Waals surface area (Å²) in [6.45, 7) is 26.8. The normalized spacial score (nSPS) is 12.7. The first-order valence-electron chi connectivity index (χ1n) is 43.6. The number of hydrogen-bond acceptors (Lipinski definition) is 12. The monoisotopic (exact) mass is 1730 g/mol. The molecule has 112 heavy (non-hydrogen) atoms. The number of thioether (sulfide) groups is 1. The molecule has 2 aromatic carbocycles. The Kier molecular flexibility index (Phi) is 41.3. The molecule has 0 saturated heterocycles. The van der Waals surface area contributed by atoms with Gasteiger partial charge in [-0.2, -0.15) is 5.26 Å². The van der Waals surface area contributed by atoms with Crippen molar-refractivity contribution >= 4 is 129 Å². The third-order valence-electron chi connectivity index (χ3n) is 22.2. The lowest BCUT2D eigenvalue weighted by atomic mass is 9.80. The molecule has 604 valence electrons. The second-order valence-electron chi connectivity index (χ2n) is 31.8. The Morgan fingerprint density at radius 3 is 1.19 bits per heavy atom. The number of aryl methyl sites for hydroxylation is 7. The Morgan fingerprint density at radius 1 is 0.464 bits per heavy atom. The Morgan fingerprint density at radius 2 is 0.812 bits per heavy atom. The fourth-order valence-corrected chi connectivity index (χ4v) is 27.0. The van der Waals surface area contributed by atoms with Gasteiger partial charge in [0.05, 0.1) is 25.9 Å². The molecule has 4 nitrogen and oxygen atoms in total. The number of esters is 1. The molecule has 14 heteroatoms. The fraction of sp³-hybridized carbons (Fsp3) is 0.551. The minimum Gasteiger partial charge on any atom is -0.460 e. The van der Waals surface area contributed by atoms with Crippen molar-refractivity contribution in [3.63, 3.8) is 0 Å². The maximum absolute atomic E-state index is 13.8. The van der Waals surface area contributed by atoms with Crippen LogP contribution in [0.15, 0.2) is 107 Å². The summed E-state index contributed by atoms with van der Waals surface area (Å²) >= 11 is 25.9. The van der Waals surface area contributed by atoms with Gasteiger partial charge in [-0.25, -0.2) is 6.57 Å². The van der Waals surface area contributed by atoms with Crippen LogP contribution in [-0.4, -0.2) is 16.2 Å². The quantitative estimate of drug-likeness (QED) is 0.0165. The Bertz CT molecular complexity index is 4310. The van der Waals surface area contributed by atoms with Crippen LogP contribution in [0.2, 0.25) is 0 Å². The Hall–Kier alpha value is -4.29. The number of nitriles is 1. The zero-order valence-corrected chi connectivity index (χ0v) is 78.1. The van der Waals surface area contributed by atoms with Crippen LogP contribution >= 0.6 is 119 Å². The van der Waals surface area contributed by atoms with Crippen molar-refractivity contribution in [2.75, 3.05) is 0 Å². The van der Waals surface area contributed by atoms with Gasteiger partial charge in [-0.15, -0.1) is 91.1 Å². The third-order valence-corrected chi connectivity index (χ3v) is 34.0. The number of hydrogen-bond donors (Lipinski definition) is 0. The largest absolute Gasteiger partial charge is 0.460 e. The molecule has 0 saturated carbocycles. The summed E-state index contributed by atoms with van der Waals surface area (Å²) in [6.07, 6.45) is 47.1. The zero-order valence-electron chi connectivity index (χ0n) is 69.1. The second kappa shape index (κ2) is 50.5. The van der Waals surface area contributed by atoms with E-state index in [0.717, 1.165) is 85.3 Å². The van der Waals surface area contributed by atoms with Crippen LogP contribution in [0.3, 0.4) is 0 Å². The van der Waals surface area contributed by atoms with Gasteiger partial charge in [-0.3, -0.25) is 4.79 Å². The molecule has 3 atom stereocenters. The number of rotatable bonds is 56. The summed E-state index contributed by atoms with van der Waals surface area (Å²) in [5, 5.41) is 10.7. The molecule has 0 aliphatic rings. The van der Waals surface area contributed by atoms with Crippen molar-refractivity contribution < 1.29 is 9.53 Å². The van der Waals surface area contributed by atoms with E-state index in [0.29, 0.717) is 19.3 Å². The predicted octanol–water partition coefficient (Wildman–Crippen LogP) is 35.2. The molecule has 0 spiro atoms. The summed E-state index contributed by atoms with van der Waals surface area (Å²) in [6, 6.07) is 41.1. The molecule has 0 amide bonds. The van der Waals surface area contributed by atoms with E-state index in [1.54, 1.807) is 28.5 Å². The number of thiophene rings is 7. The van der Waals surface area contributed by atoms with Crippen molar-refractivity contribution in [1.29, 1.82) is 5.26 Å². The number of halogens is 1. The highest BCUT2D eigenvalue weighted by Gasteiger charge is 2.32. The molecule has 0 radical (unpaired) electrons. The number of nitrogens with zero attached hydrogens (tertiary/aromatic N) is 2. The molecule has 0 aliphatic heterocycles. The topological polar surface area (TPSA) is 54.5 Å². The van der Waals surface area contributed by atoms with Gasteiger partial charge in [-0.05, 0) is 225 Å². The minimum atomic E-state index is -0.568. The first-order chi connectivity index (χ1) is 54.8. The van der Waals surface area contributed by atoms with Gasteiger partial charge in [0.25, 0.3) is 0 Å². The standard InChI is InChI=1S/C98H129BrN2O2S9/c1-10-17-24-33-50-73-61-81(69-103-89(102)59-58-80(101-9)57-44-45-60-98(8,70-100)68-88(71-46-40-31-41-47-71)112-97(104)72-48-42-32-43-49-72)105-90(73)82-62-74(51-34-25-18-11-2)91(106-82)83-63-75(52-35-26-19-12-3)92(107-83)84-64-76(53-36-27-20-13-4)93(108-84)85-65-77(54-37-28-21-14-5)94(109-85)86-66-78(55-38-29-22-15-6)95(110-86)87-67-79(96(99)111-87)56-39-30-23-16-7/h31-32,40-43,46-49,61-67,80,88H,10-30,33-39,44-45,50-60,68-69H2,1-8H3. The minimum absolute atomic E-state index is 0.0340. The smallest absolute Gasteiger partial charge is 0.306 e. The SMILES string of the molecule is [C-]#[N+]C(CCCCC(C)(C#N)CC(SC(=S)c1ccccc1)c1ccccc1)CCC(=O)OCc1cc(CCCCCC)c(-c2cc(CCCCCC)c(-c3cc(CCCCCC)c(-c4cc(CCCCCC)c(-c5cc(CCCCCC)c(-c6cc(CCCCCC)c(-c7cc(CCCCCC)c(Br)s7)s6)s5)s4)s3)s2)s1. The lowest BCUT2D eigenvalue weighted by Crippen LogP contribution is -2.18. The van der Waals surface area contributed by atoms with Crippen molar-refractivity contribution in [2.24, 2.45) is 5.41 Å². The molecule has 0 fully saturated rings. The Balaban J connectivity index is 0.978.